The molecule has 2 saturated heterocycles. The Labute approximate surface area is 83.0 Å². The van der Waals surface area contributed by atoms with Gasteiger partial charge in [-0.15, -0.1) is 0 Å². The summed E-state index contributed by atoms with van der Waals surface area (Å²) in [6.07, 6.45) is 0.902. The molecule has 0 bridgehead atoms. The summed E-state index contributed by atoms with van der Waals surface area (Å²) in [6, 6.07) is -0.0359. The van der Waals surface area contributed by atoms with Crippen LogP contribution in [0.1, 0.15) is 6.42 Å². The maximum absolute atomic E-state index is 11.7. The number of carbonyl (C=O) groups is 2. The molecule has 2 heterocycles. The summed E-state index contributed by atoms with van der Waals surface area (Å²) in [5.74, 6) is 0.113. The molecule has 0 radical (unpaired) electrons. The highest BCUT2D eigenvalue weighted by atomic mass is 16.2. The molecule has 1 N–H and O–H groups in total. The van der Waals surface area contributed by atoms with Gasteiger partial charge < -0.3 is 15.1 Å². The van der Waals surface area contributed by atoms with Crippen molar-refractivity contribution in [2.24, 2.45) is 0 Å². The van der Waals surface area contributed by atoms with Crippen molar-refractivity contribution in [2.75, 3.05) is 33.2 Å². The van der Waals surface area contributed by atoms with Crippen LogP contribution in [0.25, 0.3) is 0 Å². The van der Waals surface area contributed by atoms with E-state index >= 15 is 0 Å². The Hall–Kier alpha value is -1.10. The third kappa shape index (κ3) is 1.59. The van der Waals surface area contributed by atoms with Crippen LogP contribution in [0.15, 0.2) is 0 Å². The normalized spacial score (nSPS) is 27.5. The van der Waals surface area contributed by atoms with Crippen LogP contribution in [-0.2, 0) is 9.59 Å². The first-order chi connectivity index (χ1) is 6.68. The van der Waals surface area contributed by atoms with E-state index in [1.807, 2.05) is 0 Å². The minimum atomic E-state index is -0.0359. The number of carbonyl (C=O) groups excluding carboxylic acids is 2. The van der Waals surface area contributed by atoms with Crippen molar-refractivity contribution < 1.29 is 9.59 Å². The fourth-order valence-electron chi connectivity index (χ4n) is 1.67. The minimum Gasteiger partial charge on any atom is -0.342 e. The van der Waals surface area contributed by atoms with Crippen LogP contribution >= 0.6 is 0 Å². The molecule has 78 valence electrons. The lowest BCUT2D eigenvalue weighted by Gasteiger charge is -2.36. The number of nitrogens with zero attached hydrogens (tertiary/aromatic N) is 2. The van der Waals surface area contributed by atoms with E-state index in [4.69, 9.17) is 0 Å². The van der Waals surface area contributed by atoms with Crippen molar-refractivity contribution >= 4 is 11.8 Å². The van der Waals surface area contributed by atoms with Crippen molar-refractivity contribution in [2.45, 2.75) is 12.5 Å². The molecule has 0 aromatic carbocycles. The van der Waals surface area contributed by atoms with Gasteiger partial charge in [0.1, 0.15) is 0 Å². The van der Waals surface area contributed by atoms with Gasteiger partial charge in [-0.05, 0) is 13.0 Å². The molecule has 2 aliphatic heterocycles. The molecule has 0 unspecified atom stereocenters. The minimum absolute atomic E-state index is 0.0314. The highest BCUT2D eigenvalue weighted by Crippen LogP contribution is 2.09. The van der Waals surface area contributed by atoms with E-state index in [1.165, 1.54) is 0 Å². The van der Waals surface area contributed by atoms with E-state index < -0.39 is 0 Å². The molecule has 5 heteroatoms. The Bertz CT molecular complexity index is 263. The summed E-state index contributed by atoms with van der Waals surface area (Å²) in [4.78, 5) is 26.4. The first-order valence-electron chi connectivity index (χ1n) is 4.94. The second kappa shape index (κ2) is 3.57. The van der Waals surface area contributed by atoms with Gasteiger partial charge in [-0.3, -0.25) is 9.59 Å². The predicted molar refractivity (Wildman–Crippen MR) is 50.6 cm³/mol. The van der Waals surface area contributed by atoms with Gasteiger partial charge in [0, 0.05) is 20.1 Å². The molecule has 0 spiro atoms. The number of rotatable bonds is 1. The third-order valence-electron chi connectivity index (χ3n) is 2.89. The molecule has 2 rings (SSSR count). The predicted octanol–water partition coefficient (Wildman–Crippen LogP) is -1.35. The summed E-state index contributed by atoms with van der Waals surface area (Å²) in [6.45, 7) is 2.47. The highest BCUT2D eigenvalue weighted by Gasteiger charge is 2.32. The second-order valence-electron chi connectivity index (χ2n) is 3.87. The molecule has 5 nitrogen and oxygen atoms in total. The topological polar surface area (TPSA) is 52.6 Å². The average Bonchev–Trinajstić information content (AvgIpc) is 2.06. The number of piperazine rings is 1. The molecule has 0 aromatic rings. The zero-order chi connectivity index (χ0) is 10.1. The molecule has 0 aliphatic carbocycles. The molecular formula is C9H15N3O2. The van der Waals surface area contributed by atoms with Gasteiger partial charge in [0.15, 0.2) is 0 Å². The van der Waals surface area contributed by atoms with Crippen LogP contribution in [0.3, 0.4) is 0 Å². The van der Waals surface area contributed by atoms with Gasteiger partial charge in [0.2, 0.25) is 11.8 Å². The smallest absolute Gasteiger partial charge is 0.241 e. The monoisotopic (exact) mass is 197 g/mol. The number of hydrogen-bond acceptors (Lipinski definition) is 3. The number of amides is 2. The van der Waals surface area contributed by atoms with Crippen molar-refractivity contribution in [3.05, 3.63) is 0 Å². The molecule has 1 atom stereocenters. The maximum Gasteiger partial charge on any atom is 0.241 e. The number of nitrogens with one attached hydrogen (secondary N) is 1. The second-order valence-corrected chi connectivity index (χ2v) is 3.87. The molecule has 2 aliphatic rings. The Morgan fingerprint density at radius 3 is 2.71 bits per heavy atom. The van der Waals surface area contributed by atoms with Crippen LogP contribution in [0.4, 0.5) is 0 Å². The maximum atomic E-state index is 11.7. The quantitative estimate of drug-likeness (QED) is 0.565. The molecule has 2 fully saturated rings. The van der Waals surface area contributed by atoms with Crippen molar-refractivity contribution in [3.8, 4) is 0 Å². The van der Waals surface area contributed by atoms with E-state index in [2.05, 4.69) is 5.32 Å². The van der Waals surface area contributed by atoms with Gasteiger partial charge in [0.25, 0.3) is 0 Å². The summed E-state index contributed by atoms with van der Waals surface area (Å²) in [7, 11) is 1.77. The molecule has 0 aromatic heterocycles. The summed E-state index contributed by atoms with van der Waals surface area (Å²) in [5.41, 5.74) is 0. The van der Waals surface area contributed by atoms with Gasteiger partial charge >= 0.3 is 0 Å². The highest BCUT2D eigenvalue weighted by molar-refractivity contribution is 5.88. The standard InChI is InChI=1S/C9H15N3O2/c1-11-4-5-12(6-8(11)13)9(14)7-2-3-10-7/h7,10H,2-6H2,1H3/t7-/m1/s1. The first kappa shape index (κ1) is 9.45. The lowest BCUT2D eigenvalue weighted by molar-refractivity contribution is -0.146. The van der Waals surface area contributed by atoms with E-state index in [9.17, 15) is 9.59 Å². The van der Waals surface area contributed by atoms with Gasteiger partial charge in [-0.1, -0.05) is 0 Å². The van der Waals surface area contributed by atoms with E-state index in [0.29, 0.717) is 13.1 Å². The fraction of sp³-hybridized carbons (Fsp3) is 0.778. The van der Waals surface area contributed by atoms with Crippen LogP contribution in [0.2, 0.25) is 0 Å². The van der Waals surface area contributed by atoms with Crippen molar-refractivity contribution in [1.82, 2.24) is 15.1 Å². The summed E-state index contributed by atoms with van der Waals surface area (Å²) < 4.78 is 0. The Balaban J connectivity index is 1.92. The van der Waals surface area contributed by atoms with Gasteiger partial charge in [0.05, 0.1) is 12.6 Å². The Morgan fingerprint density at radius 2 is 2.21 bits per heavy atom. The average molecular weight is 197 g/mol. The fourth-order valence-corrected chi connectivity index (χ4v) is 1.67. The van der Waals surface area contributed by atoms with Crippen molar-refractivity contribution in [3.63, 3.8) is 0 Å². The zero-order valence-corrected chi connectivity index (χ0v) is 8.32. The van der Waals surface area contributed by atoms with Crippen LogP contribution in [0, 0.1) is 0 Å². The lowest BCUT2D eigenvalue weighted by Crippen LogP contribution is -2.59. The SMILES string of the molecule is CN1CCN(C(=O)[C@H]2CCN2)CC1=O. The Morgan fingerprint density at radius 1 is 1.50 bits per heavy atom. The largest absolute Gasteiger partial charge is 0.342 e. The summed E-state index contributed by atoms with van der Waals surface area (Å²) >= 11 is 0. The van der Waals surface area contributed by atoms with Gasteiger partial charge in [-0.2, -0.15) is 0 Å². The number of hydrogen-bond donors (Lipinski definition) is 1. The van der Waals surface area contributed by atoms with Crippen molar-refractivity contribution in [1.29, 1.82) is 0 Å². The van der Waals surface area contributed by atoms with Crippen LogP contribution < -0.4 is 5.32 Å². The molecule has 14 heavy (non-hydrogen) atoms. The molecule has 2 amide bonds. The van der Waals surface area contributed by atoms with E-state index in [-0.39, 0.29) is 24.4 Å². The van der Waals surface area contributed by atoms with Crippen LogP contribution in [-0.4, -0.2) is 60.9 Å². The Kier molecular flexibility index (Phi) is 2.41. The molecular weight excluding hydrogens is 182 g/mol. The van der Waals surface area contributed by atoms with Gasteiger partial charge in [-0.25, -0.2) is 0 Å². The van der Waals surface area contributed by atoms with Crippen LogP contribution in [0.5, 0.6) is 0 Å². The van der Waals surface area contributed by atoms with E-state index in [1.54, 1.807) is 16.8 Å². The summed E-state index contributed by atoms with van der Waals surface area (Å²) in [5, 5.41) is 3.05. The number of likely N-dealkylation sites (N-methyl/N-ethyl adjacent to an activating group) is 1. The molecule has 0 saturated carbocycles. The first-order valence-corrected chi connectivity index (χ1v) is 4.94. The van der Waals surface area contributed by atoms with E-state index in [0.717, 1.165) is 13.0 Å². The lowest BCUT2D eigenvalue weighted by atomic mass is 10.1. The third-order valence-corrected chi connectivity index (χ3v) is 2.89. The zero-order valence-electron chi connectivity index (χ0n) is 8.32.